The van der Waals surface area contributed by atoms with Crippen molar-refractivity contribution in [2.45, 2.75) is 18.3 Å². The third-order valence-corrected chi connectivity index (χ3v) is 5.47. The summed E-state index contributed by atoms with van der Waals surface area (Å²) in [6.45, 7) is 0.768. The molecule has 150 valence electrons. The fourth-order valence-corrected chi connectivity index (χ4v) is 4.19. The van der Waals surface area contributed by atoms with E-state index in [9.17, 15) is 24.3 Å². The molecule has 0 aliphatic carbocycles. The van der Waals surface area contributed by atoms with Gasteiger partial charge in [-0.1, -0.05) is 18.2 Å². The number of nitrogens with one attached hydrogen (secondary N) is 1. The molecule has 1 fully saturated rings. The third kappa shape index (κ3) is 5.33. The average molecular weight is 430 g/mol. The van der Waals surface area contributed by atoms with Crippen molar-refractivity contribution in [3.8, 4) is 5.75 Å². The number of benzene rings is 1. The van der Waals surface area contributed by atoms with Crippen LogP contribution in [0, 0.1) is 0 Å². The number of amides is 2. The molecule has 2 aliphatic heterocycles. The topological polar surface area (TPSA) is 122 Å². The van der Waals surface area contributed by atoms with Gasteiger partial charge in [0.05, 0.1) is 0 Å². The molecular formula is C18H19N2NaO7S. The van der Waals surface area contributed by atoms with Crippen LogP contribution in [0.25, 0.3) is 0 Å². The second-order valence-corrected chi connectivity index (χ2v) is 7.20. The number of carbonyl (C=O) groups excluding carboxylic acids is 3. The first-order valence-corrected chi connectivity index (χ1v) is 9.44. The van der Waals surface area contributed by atoms with Gasteiger partial charge in [-0.25, -0.2) is 4.79 Å². The minimum absolute atomic E-state index is 0. The molecule has 29 heavy (non-hydrogen) atoms. The van der Waals surface area contributed by atoms with Gasteiger partial charge in [-0.3, -0.25) is 19.3 Å². The Morgan fingerprint density at radius 1 is 1.31 bits per heavy atom. The van der Waals surface area contributed by atoms with E-state index in [4.69, 9.17) is 9.47 Å². The number of ether oxygens (including phenoxy) is 2. The van der Waals surface area contributed by atoms with Gasteiger partial charge in [-0.05, 0) is 12.1 Å². The zero-order valence-corrected chi connectivity index (χ0v) is 18.7. The molecule has 2 aliphatic rings. The first-order valence-electron chi connectivity index (χ1n) is 8.39. The van der Waals surface area contributed by atoms with Crippen molar-refractivity contribution in [3.63, 3.8) is 0 Å². The van der Waals surface area contributed by atoms with Crippen molar-refractivity contribution in [3.05, 3.63) is 41.6 Å². The number of para-hydroxylation sites is 1. The van der Waals surface area contributed by atoms with Crippen molar-refractivity contribution in [2.75, 3.05) is 19.0 Å². The molecular weight excluding hydrogens is 411 g/mol. The maximum Gasteiger partial charge on any atom is 1.00 e. The molecule has 0 radical (unpaired) electrons. The van der Waals surface area contributed by atoms with Crippen LogP contribution < -0.4 is 39.6 Å². The molecule has 11 heteroatoms. The number of β-lactam (4-membered cyclic amide) rings is 1. The van der Waals surface area contributed by atoms with Crippen LogP contribution in [0.3, 0.4) is 0 Å². The van der Waals surface area contributed by atoms with Crippen LogP contribution in [0.5, 0.6) is 5.75 Å². The van der Waals surface area contributed by atoms with E-state index >= 15 is 0 Å². The van der Waals surface area contributed by atoms with Gasteiger partial charge < -0.3 is 21.3 Å². The Bertz CT molecular complexity index is 852. The normalized spacial score (nSPS) is 20.0. The minimum Gasteiger partial charge on any atom is -1.00 e. The van der Waals surface area contributed by atoms with Crippen molar-refractivity contribution in [1.29, 1.82) is 0 Å². The van der Waals surface area contributed by atoms with Gasteiger partial charge >= 0.3 is 41.5 Å². The van der Waals surface area contributed by atoms with Crippen LogP contribution in [-0.2, 0) is 23.9 Å². The van der Waals surface area contributed by atoms with Gasteiger partial charge in [0.25, 0.3) is 11.8 Å². The van der Waals surface area contributed by atoms with Gasteiger partial charge in [0.15, 0.2) is 6.61 Å². The number of hydrogen-bond acceptors (Lipinski definition) is 7. The number of rotatable bonds is 7. The van der Waals surface area contributed by atoms with Crippen LogP contribution in [0.2, 0.25) is 0 Å². The quantitative estimate of drug-likeness (QED) is 0.276. The predicted molar refractivity (Wildman–Crippen MR) is 99.4 cm³/mol. The van der Waals surface area contributed by atoms with Crippen molar-refractivity contribution in [2.24, 2.45) is 0 Å². The van der Waals surface area contributed by atoms with E-state index in [1.54, 1.807) is 24.3 Å². The number of carboxylic acid groups (broad SMARTS) is 1. The van der Waals surface area contributed by atoms with Crippen molar-refractivity contribution >= 4 is 35.5 Å². The molecule has 0 spiro atoms. The zero-order valence-electron chi connectivity index (χ0n) is 16.9. The van der Waals surface area contributed by atoms with Gasteiger partial charge in [0.2, 0.25) is 0 Å². The van der Waals surface area contributed by atoms with Crippen molar-refractivity contribution < 1.29 is 64.7 Å². The molecule has 0 aromatic heterocycles. The Labute approximate surface area is 194 Å². The molecule has 1 saturated heterocycles. The molecule has 2 amide bonds. The Morgan fingerprint density at radius 3 is 2.62 bits per heavy atom. The second-order valence-electron chi connectivity index (χ2n) is 6.09. The summed E-state index contributed by atoms with van der Waals surface area (Å²) in [6.07, 6.45) is 0. The predicted octanol–water partition coefficient (Wildman–Crippen LogP) is -2.52. The smallest absolute Gasteiger partial charge is 1.00 e. The van der Waals surface area contributed by atoms with Gasteiger partial charge in [0, 0.05) is 18.2 Å². The molecule has 1 aromatic rings. The van der Waals surface area contributed by atoms with Crippen LogP contribution in [0.15, 0.2) is 41.6 Å². The summed E-state index contributed by atoms with van der Waals surface area (Å²) in [4.78, 5) is 48.3. The number of esters is 1. The van der Waals surface area contributed by atoms with Gasteiger partial charge in [0.1, 0.15) is 29.5 Å². The average Bonchev–Trinajstić information content (AvgIpc) is 2.68. The first kappa shape index (κ1) is 23.3. The van der Waals surface area contributed by atoms with Crippen LogP contribution in [0.1, 0.15) is 8.35 Å². The largest absolute Gasteiger partial charge is 1.00 e. The number of fused-ring (bicyclic) bond motifs is 1. The molecule has 9 nitrogen and oxygen atoms in total. The van der Waals surface area contributed by atoms with E-state index in [1.165, 1.54) is 18.7 Å². The Kier molecular flexibility index (Phi) is 8.14. The maximum atomic E-state index is 12.5. The number of thioether (sulfide) groups is 1. The van der Waals surface area contributed by atoms with E-state index < -0.39 is 35.2 Å². The minimum atomic E-state index is -1.28. The second kappa shape index (κ2) is 10.1. The monoisotopic (exact) mass is 430 g/mol. The molecule has 1 aromatic carbocycles. The van der Waals surface area contributed by atoms with E-state index in [0.29, 0.717) is 11.3 Å². The zero-order chi connectivity index (χ0) is 20.3. The molecule has 3 rings (SSSR count). The van der Waals surface area contributed by atoms with Gasteiger partial charge in [-0.15, -0.1) is 11.8 Å². The number of carbonyl (C=O) groups is 4. The molecule has 1 unspecified atom stereocenters. The summed E-state index contributed by atoms with van der Waals surface area (Å²) in [6, 6.07) is 7.93. The summed E-state index contributed by atoms with van der Waals surface area (Å²) in [5.41, 5.74) is 0.149. The Morgan fingerprint density at radius 2 is 2.00 bits per heavy atom. The Hall–Kier alpha value is -2.01. The fourth-order valence-electron chi connectivity index (χ4n) is 2.86. The maximum absolute atomic E-state index is 12.5. The van der Waals surface area contributed by atoms with E-state index in [2.05, 4.69) is 5.32 Å². The van der Waals surface area contributed by atoms with E-state index in [0.717, 1.165) is 4.90 Å². The summed E-state index contributed by atoms with van der Waals surface area (Å²) >= 11 is 1.30. The summed E-state index contributed by atoms with van der Waals surface area (Å²) in [5, 5.41) is 11.5. The third-order valence-electron chi connectivity index (χ3n) is 4.13. The van der Waals surface area contributed by atoms with E-state index in [1.807, 2.05) is 6.07 Å². The van der Waals surface area contributed by atoms with Crippen LogP contribution in [-0.4, -0.2) is 64.1 Å². The summed E-state index contributed by atoms with van der Waals surface area (Å²) in [7, 11) is 0. The summed E-state index contributed by atoms with van der Waals surface area (Å²) in [5.74, 6) is -2.02. The first-order chi connectivity index (χ1) is 13.4. The van der Waals surface area contributed by atoms with Crippen LogP contribution in [0.4, 0.5) is 0 Å². The standard InChI is InChI=1S/C18H18N2O7S.Na.H/c1-10(21)26-7-11-9-28-17-14(16(23)20(17)15(11)18(24)25)19-13(22)8-27-12-5-3-2-4-6-12;;/h2-6,14,17H,7-9H2,1H3,(H,19,22)(H,24,25);;/q;+1;-1/t14?,17-;;/m1../s1. The fraction of sp³-hybridized carbons (Fsp3) is 0.333. The van der Waals surface area contributed by atoms with E-state index in [-0.39, 0.29) is 55.6 Å². The number of nitrogens with zero attached hydrogens (tertiary/aromatic N) is 1. The number of aliphatic carboxylic acids is 1. The summed E-state index contributed by atoms with van der Waals surface area (Å²) < 4.78 is 10.2. The Balaban J connectivity index is 0.00000225. The van der Waals surface area contributed by atoms with Gasteiger partial charge in [-0.2, -0.15) is 0 Å². The number of hydrogen-bond donors (Lipinski definition) is 2. The molecule has 2 N–H and O–H groups in total. The molecule has 2 heterocycles. The number of carboxylic acids is 1. The molecule has 0 saturated carbocycles. The molecule has 2 atom stereocenters. The molecule has 0 bridgehead atoms. The van der Waals surface area contributed by atoms with Crippen LogP contribution >= 0.6 is 11.8 Å². The van der Waals surface area contributed by atoms with Crippen molar-refractivity contribution in [1.82, 2.24) is 10.2 Å². The SMILES string of the molecule is CC(=O)OCC1=C(C(=O)O)N2C(=O)C(NC(=O)COc3ccccc3)[C@H]2SC1.[H-].[Na+].